The summed E-state index contributed by atoms with van der Waals surface area (Å²) in [7, 11) is 1.78. The zero-order chi connectivity index (χ0) is 13.7. The fourth-order valence-corrected chi connectivity index (χ4v) is 2.85. The summed E-state index contributed by atoms with van der Waals surface area (Å²) in [6, 6.07) is 8.24. The molecule has 0 bridgehead atoms. The first-order valence-corrected chi connectivity index (χ1v) is 7.27. The van der Waals surface area contributed by atoms with Gasteiger partial charge in [-0.3, -0.25) is 0 Å². The molecule has 1 aromatic carbocycles. The number of aliphatic hydroxyl groups is 1. The van der Waals surface area contributed by atoms with E-state index in [1.807, 2.05) is 19.1 Å². The van der Waals surface area contributed by atoms with Gasteiger partial charge in [0.1, 0.15) is 0 Å². The van der Waals surface area contributed by atoms with Crippen LogP contribution in [-0.4, -0.2) is 31.9 Å². The molecule has 1 atom stereocenters. The largest absolute Gasteiger partial charge is 0.388 e. The van der Waals surface area contributed by atoms with E-state index < -0.39 is 0 Å². The second-order valence-electron chi connectivity index (χ2n) is 5.37. The Morgan fingerprint density at radius 3 is 2.63 bits per heavy atom. The van der Waals surface area contributed by atoms with Crippen molar-refractivity contribution in [3.63, 3.8) is 0 Å². The van der Waals surface area contributed by atoms with Gasteiger partial charge < -0.3 is 14.7 Å². The number of hydrogen-bond donors (Lipinski definition) is 1. The molecular formula is C16H25NO2. The van der Waals surface area contributed by atoms with E-state index in [4.69, 9.17) is 4.74 Å². The van der Waals surface area contributed by atoms with Crippen molar-refractivity contribution >= 4 is 5.69 Å². The van der Waals surface area contributed by atoms with Crippen molar-refractivity contribution in [3.05, 3.63) is 29.8 Å². The van der Waals surface area contributed by atoms with Crippen LogP contribution in [0.4, 0.5) is 5.69 Å². The van der Waals surface area contributed by atoms with Crippen molar-refractivity contribution < 1.29 is 9.84 Å². The lowest BCUT2D eigenvalue weighted by Gasteiger charge is -2.35. The van der Waals surface area contributed by atoms with Crippen molar-refractivity contribution in [2.45, 2.75) is 32.3 Å². The SMILES string of the molecule is CCC(O)c1ccccc1N1CCC(COC)CC1. The maximum Gasteiger partial charge on any atom is 0.0807 e. The van der Waals surface area contributed by atoms with Gasteiger partial charge >= 0.3 is 0 Å². The fraction of sp³-hybridized carbons (Fsp3) is 0.625. The Morgan fingerprint density at radius 1 is 1.32 bits per heavy atom. The average Bonchev–Trinajstić information content (AvgIpc) is 2.47. The van der Waals surface area contributed by atoms with E-state index in [9.17, 15) is 5.11 Å². The van der Waals surface area contributed by atoms with Crippen LogP contribution in [0.15, 0.2) is 24.3 Å². The highest BCUT2D eigenvalue weighted by atomic mass is 16.5. The third-order valence-electron chi connectivity index (χ3n) is 4.04. The van der Waals surface area contributed by atoms with E-state index in [-0.39, 0.29) is 6.10 Å². The summed E-state index contributed by atoms with van der Waals surface area (Å²) in [4.78, 5) is 2.40. The number of benzene rings is 1. The first-order valence-electron chi connectivity index (χ1n) is 7.27. The van der Waals surface area contributed by atoms with Gasteiger partial charge in [-0.25, -0.2) is 0 Å². The van der Waals surface area contributed by atoms with Gasteiger partial charge in [0.2, 0.25) is 0 Å². The van der Waals surface area contributed by atoms with Crippen LogP contribution in [-0.2, 0) is 4.74 Å². The van der Waals surface area contributed by atoms with Gasteiger partial charge in [-0.15, -0.1) is 0 Å². The van der Waals surface area contributed by atoms with Gasteiger partial charge in [-0.2, -0.15) is 0 Å². The Labute approximate surface area is 116 Å². The lowest BCUT2D eigenvalue weighted by Crippen LogP contribution is -2.35. The van der Waals surface area contributed by atoms with Gasteiger partial charge in [-0.05, 0) is 31.2 Å². The second-order valence-corrected chi connectivity index (χ2v) is 5.37. The Balaban J connectivity index is 2.07. The number of nitrogens with zero attached hydrogens (tertiary/aromatic N) is 1. The van der Waals surface area contributed by atoms with Crippen LogP contribution in [0.2, 0.25) is 0 Å². The molecule has 3 heteroatoms. The van der Waals surface area contributed by atoms with Gasteiger partial charge in [0.25, 0.3) is 0 Å². The van der Waals surface area contributed by atoms with E-state index in [0.717, 1.165) is 31.7 Å². The molecule has 0 aliphatic carbocycles. The first-order chi connectivity index (χ1) is 9.26. The van der Waals surface area contributed by atoms with Crippen molar-refractivity contribution in [2.24, 2.45) is 5.92 Å². The summed E-state index contributed by atoms with van der Waals surface area (Å²) in [5.74, 6) is 0.685. The molecular weight excluding hydrogens is 238 g/mol. The Bertz CT molecular complexity index is 386. The zero-order valence-electron chi connectivity index (χ0n) is 12.0. The molecule has 1 unspecified atom stereocenters. The van der Waals surface area contributed by atoms with Gasteiger partial charge in [0.05, 0.1) is 6.10 Å². The van der Waals surface area contributed by atoms with Crippen LogP contribution >= 0.6 is 0 Å². The summed E-state index contributed by atoms with van der Waals surface area (Å²) in [6.07, 6.45) is 2.75. The molecule has 1 aliphatic rings. The van der Waals surface area contributed by atoms with E-state index in [2.05, 4.69) is 17.0 Å². The number of para-hydroxylation sites is 1. The number of methoxy groups -OCH3 is 1. The number of piperidine rings is 1. The van der Waals surface area contributed by atoms with E-state index in [0.29, 0.717) is 5.92 Å². The van der Waals surface area contributed by atoms with Crippen LogP contribution in [0.3, 0.4) is 0 Å². The van der Waals surface area contributed by atoms with Crippen molar-refractivity contribution in [1.29, 1.82) is 0 Å². The maximum atomic E-state index is 10.1. The van der Waals surface area contributed by atoms with Crippen molar-refractivity contribution in [1.82, 2.24) is 0 Å². The quantitative estimate of drug-likeness (QED) is 0.886. The minimum Gasteiger partial charge on any atom is -0.388 e. The predicted molar refractivity (Wildman–Crippen MR) is 78.5 cm³/mol. The average molecular weight is 263 g/mol. The van der Waals surface area contributed by atoms with Crippen molar-refractivity contribution in [2.75, 3.05) is 31.7 Å². The molecule has 1 aromatic rings. The minimum absolute atomic E-state index is 0.354. The molecule has 0 spiro atoms. The monoisotopic (exact) mass is 263 g/mol. The topological polar surface area (TPSA) is 32.7 Å². The van der Waals surface area contributed by atoms with Crippen LogP contribution < -0.4 is 4.90 Å². The van der Waals surface area contributed by atoms with Crippen LogP contribution in [0.25, 0.3) is 0 Å². The summed E-state index contributed by atoms with van der Waals surface area (Å²) in [6.45, 7) is 5.00. The standard InChI is InChI=1S/C16H25NO2/c1-3-16(18)14-6-4-5-7-15(14)17-10-8-13(9-11-17)12-19-2/h4-7,13,16,18H,3,8-12H2,1-2H3. The van der Waals surface area contributed by atoms with Gasteiger partial charge in [0, 0.05) is 38.1 Å². The van der Waals surface area contributed by atoms with Gasteiger partial charge in [-0.1, -0.05) is 25.1 Å². The summed E-state index contributed by atoms with van der Waals surface area (Å²) in [5, 5.41) is 10.1. The number of rotatable bonds is 5. The number of anilines is 1. The highest BCUT2D eigenvalue weighted by molar-refractivity contribution is 5.54. The normalized spacial score (nSPS) is 18.6. The molecule has 0 radical (unpaired) electrons. The summed E-state index contributed by atoms with van der Waals surface area (Å²) in [5.41, 5.74) is 2.27. The van der Waals surface area contributed by atoms with E-state index in [1.54, 1.807) is 7.11 Å². The molecule has 1 aliphatic heterocycles. The molecule has 1 heterocycles. The molecule has 1 fully saturated rings. The number of hydrogen-bond acceptors (Lipinski definition) is 3. The molecule has 2 rings (SSSR count). The zero-order valence-corrected chi connectivity index (χ0v) is 12.0. The molecule has 1 saturated heterocycles. The Morgan fingerprint density at radius 2 is 2.00 bits per heavy atom. The Kier molecular flexibility index (Phi) is 5.23. The molecule has 0 aromatic heterocycles. The lowest BCUT2D eigenvalue weighted by atomic mass is 9.96. The van der Waals surface area contributed by atoms with Crippen LogP contribution in [0.5, 0.6) is 0 Å². The first kappa shape index (κ1) is 14.4. The number of ether oxygens (including phenoxy) is 1. The van der Waals surface area contributed by atoms with Crippen LogP contribution in [0.1, 0.15) is 37.9 Å². The smallest absolute Gasteiger partial charge is 0.0807 e. The molecule has 0 amide bonds. The van der Waals surface area contributed by atoms with E-state index >= 15 is 0 Å². The third kappa shape index (κ3) is 3.48. The van der Waals surface area contributed by atoms with Gasteiger partial charge in [0.15, 0.2) is 0 Å². The molecule has 106 valence electrons. The summed E-state index contributed by atoms with van der Waals surface area (Å²) >= 11 is 0. The summed E-state index contributed by atoms with van der Waals surface area (Å²) < 4.78 is 5.24. The number of aliphatic hydroxyl groups excluding tert-OH is 1. The third-order valence-corrected chi connectivity index (χ3v) is 4.04. The maximum absolute atomic E-state index is 10.1. The fourth-order valence-electron chi connectivity index (χ4n) is 2.85. The van der Waals surface area contributed by atoms with Crippen molar-refractivity contribution in [3.8, 4) is 0 Å². The van der Waals surface area contributed by atoms with E-state index in [1.165, 1.54) is 18.5 Å². The highest BCUT2D eigenvalue weighted by Crippen LogP contribution is 2.31. The molecule has 0 saturated carbocycles. The Hall–Kier alpha value is -1.06. The van der Waals surface area contributed by atoms with Crippen LogP contribution in [0, 0.1) is 5.92 Å². The predicted octanol–water partition coefficient (Wildman–Crippen LogP) is 2.99. The molecule has 3 nitrogen and oxygen atoms in total. The molecule has 19 heavy (non-hydrogen) atoms. The highest BCUT2D eigenvalue weighted by Gasteiger charge is 2.22. The lowest BCUT2D eigenvalue weighted by molar-refractivity contribution is 0.138. The molecule has 1 N–H and O–H groups in total. The minimum atomic E-state index is -0.354. The second kappa shape index (κ2) is 6.92.